The number of hydrogen-bond donors (Lipinski definition) is 2. The highest BCUT2D eigenvalue weighted by molar-refractivity contribution is 14.1. The molecule has 3 N–H and O–H groups in total. The normalized spacial score (nSPS) is 23.9. The number of anilines is 1. The molecule has 0 saturated carbocycles. The summed E-state index contributed by atoms with van der Waals surface area (Å²) in [6.45, 7) is 0.112. The summed E-state index contributed by atoms with van der Waals surface area (Å²) >= 11 is 2.05. The van der Waals surface area contributed by atoms with E-state index in [1.807, 2.05) is 34.7 Å². The number of hydrogen-bond acceptors (Lipinski definition) is 4. The summed E-state index contributed by atoms with van der Waals surface area (Å²) in [6, 6.07) is -0.0220. The average molecular weight is 333 g/mol. The van der Waals surface area contributed by atoms with Gasteiger partial charge in [0.25, 0.3) is 0 Å². The molecule has 0 aliphatic heterocycles. The molecule has 6 heteroatoms. The number of aliphatic hydroxyl groups excluding tert-OH is 1. The first-order chi connectivity index (χ1) is 7.61. The van der Waals surface area contributed by atoms with Crippen LogP contribution in [0.3, 0.4) is 0 Å². The standard InChI is InChI=1S/C10H12IN3O2/c11-8-4-14(10(16)13-9(8)12)7-2-1-6(3-7)5-15/h1-2,4,6-7,15H,3,5H2,(H2,12,13,16)/t6-,7+/m1/s1. The zero-order valence-corrected chi connectivity index (χ0v) is 10.7. The van der Waals surface area contributed by atoms with Gasteiger partial charge in [-0.05, 0) is 29.0 Å². The molecule has 86 valence electrons. The molecule has 0 bridgehead atoms. The van der Waals surface area contributed by atoms with E-state index in [1.165, 1.54) is 0 Å². The van der Waals surface area contributed by atoms with E-state index in [4.69, 9.17) is 10.8 Å². The van der Waals surface area contributed by atoms with Crippen LogP contribution in [0.5, 0.6) is 0 Å². The van der Waals surface area contributed by atoms with Crippen molar-refractivity contribution in [2.24, 2.45) is 5.92 Å². The third-order valence-electron chi connectivity index (χ3n) is 2.68. The van der Waals surface area contributed by atoms with Crippen molar-refractivity contribution < 1.29 is 5.11 Å². The predicted octanol–water partition coefficient (Wildman–Crippen LogP) is 0.540. The Kier molecular flexibility index (Phi) is 3.29. The van der Waals surface area contributed by atoms with Gasteiger partial charge >= 0.3 is 5.69 Å². The van der Waals surface area contributed by atoms with E-state index in [0.717, 1.165) is 9.99 Å². The molecule has 0 fully saturated rings. The topological polar surface area (TPSA) is 81.1 Å². The highest BCUT2D eigenvalue weighted by Crippen LogP contribution is 2.26. The summed E-state index contributed by atoms with van der Waals surface area (Å²) in [6.07, 6.45) is 6.30. The maximum atomic E-state index is 11.6. The molecule has 1 heterocycles. The molecular weight excluding hydrogens is 321 g/mol. The molecule has 0 aromatic carbocycles. The molecule has 16 heavy (non-hydrogen) atoms. The minimum absolute atomic E-state index is 0.0220. The van der Waals surface area contributed by atoms with Crippen molar-refractivity contribution in [1.82, 2.24) is 9.55 Å². The van der Waals surface area contributed by atoms with Gasteiger partial charge in [0.1, 0.15) is 5.82 Å². The maximum absolute atomic E-state index is 11.6. The van der Waals surface area contributed by atoms with Gasteiger partial charge in [-0.1, -0.05) is 12.2 Å². The second kappa shape index (κ2) is 4.54. The summed E-state index contributed by atoms with van der Waals surface area (Å²) in [7, 11) is 0. The van der Waals surface area contributed by atoms with E-state index in [-0.39, 0.29) is 30.1 Å². The van der Waals surface area contributed by atoms with Gasteiger partial charge in [-0.25, -0.2) is 4.79 Å². The zero-order chi connectivity index (χ0) is 11.7. The molecule has 1 aromatic heterocycles. The number of aromatic nitrogens is 2. The van der Waals surface area contributed by atoms with E-state index in [1.54, 1.807) is 10.8 Å². The minimum atomic E-state index is -0.342. The second-order valence-electron chi connectivity index (χ2n) is 3.79. The quantitative estimate of drug-likeness (QED) is 0.611. The Morgan fingerprint density at radius 3 is 3.00 bits per heavy atom. The van der Waals surface area contributed by atoms with Crippen molar-refractivity contribution in [2.75, 3.05) is 12.3 Å². The molecule has 1 aliphatic rings. The van der Waals surface area contributed by atoms with Crippen LogP contribution in [0, 0.1) is 9.49 Å². The molecule has 5 nitrogen and oxygen atoms in total. The van der Waals surface area contributed by atoms with Crippen LogP contribution in [-0.4, -0.2) is 21.3 Å². The molecule has 0 unspecified atom stereocenters. The number of allylic oxidation sites excluding steroid dienone is 1. The first-order valence-electron chi connectivity index (χ1n) is 4.95. The number of nitrogen functional groups attached to an aromatic ring is 1. The van der Waals surface area contributed by atoms with Gasteiger partial charge in [0.2, 0.25) is 0 Å². The molecule has 1 aliphatic carbocycles. The van der Waals surface area contributed by atoms with Gasteiger partial charge in [0, 0.05) is 18.7 Å². The van der Waals surface area contributed by atoms with Gasteiger partial charge in [0.05, 0.1) is 9.61 Å². The van der Waals surface area contributed by atoms with Gasteiger partial charge in [-0.15, -0.1) is 0 Å². The van der Waals surface area contributed by atoms with Crippen molar-refractivity contribution in [3.8, 4) is 0 Å². The lowest BCUT2D eigenvalue weighted by molar-refractivity contribution is 0.243. The number of halogens is 1. The minimum Gasteiger partial charge on any atom is -0.396 e. The van der Waals surface area contributed by atoms with Crippen LogP contribution in [0.15, 0.2) is 23.1 Å². The van der Waals surface area contributed by atoms with Crippen molar-refractivity contribution in [2.45, 2.75) is 12.5 Å². The Hall–Kier alpha value is -0.890. The van der Waals surface area contributed by atoms with Gasteiger partial charge in [-0.2, -0.15) is 4.98 Å². The fourth-order valence-electron chi connectivity index (χ4n) is 1.79. The van der Waals surface area contributed by atoms with E-state index >= 15 is 0 Å². The second-order valence-corrected chi connectivity index (χ2v) is 4.96. The fourth-order valence-corrected chi connectivity index (χ4v) is 2.21. The first-order valence-corrected chi connectivity index (χ1v) is 6.03. The summed E-state index contributed by atoms with van der Waals surface area (Å²) in [5.41, 5.74) is 5.21. The maximum Gasteiger partial charge on any atom is 0.350 e. The van der Waals surface area contributed by atoms with Crippen molar-refractivity contribution in [3.63, 3.8) is 0 Å². The van der Waals surface area contributed by atoms with Gasteiger partial charge < -0.3 is 10.8 Å². The molecular formula is C10H12IN3O2. The van der Waals surface area contributed by atoms with Crippen LogP contribution in [0.4, 0.5) is 5.82 Å². The van der Waals surface area contributed by atoms with Crippen LogP contribution in [0.25, 0.3) is 0 Å². The lowest BCUT2D eigenvalue weighted by Gasteiger charge is -2.13. The van der Waals surface area contributed by atoms with Crippen molar-refractivity contribution >= 4 is 28.4 Å². The molecule has 2 rings (SSSR count). The number of nitrogens with two attached hydrogens (primary N) is 1. The lowest BCUT2D eigenvalue weighted by Crippen LogP contribution is -2.27. The van der Waals surface area contributed by atoms with E-state index in [2.05, 4.69) is 4.98 Å². The molecule has 2 atom stereocenters. The zero-order valence-electron chi connectivity index (χ0n) is 8.51. The first kappa shape index (κ1) is 11.6. The SMILES string of the molecule is Nc1nc(=O)n([C@H]2C=C[C@@H](CO)C2)cc1I. The third kappa shape index (κ3) is 2.12. The van der Waals surface area contributed by atoms with Crippen LogP contribution in [0.2, 0.25) is 0 Å². The molecule has 0 radical (unpaired) electrons. The molecule has 0 amide bonds. The Labute approximate surface area is 106 Å². The van der Waals surface area contributed by atoms with Gasteiger partial charge in [0.15, 0.2) is 0 Å². The summed E-state index contributed by atoms with van der Waals surface area (Å²) < 4.78 is 2.32. The van der Waals surface area contributed by atoms with Crippen LogP contribution in [0.1, 0.15) is 12.5 Å². The Morgan fingerprint density at radius 2 is 2.38 bits per heavy atom. The van der Waals surface area contributed by atoms with E-state index < -0.39 is 0 Å². The number of rotatable bonds is 2. The fraction of sp³-hybridized carbons (Fsp3) is 0.400. The lowest BCUT2D eigenvalue weighted by atomic mass is 10.1. The smallest absolute Gasteiger partial charge is 0.350 e. The van der Waals surface area contributed by atoms with Crippen molar-refractivity contribution in [1.29, 1.82) is 0 Å². The predicted molar refractivity (Wildman–Crippen MR) is 69.0 cm³/mol. The monoisotopic (exact) mass is 333 g/mol. The molecule has 0 saturated heterocycles. The Morgan fingerprint density at radius 1 is 1.62 bits per heavy atom. The largest absolute Gasteiger partial charge is 0.396 e. The summed E-state index contributed by atoms with van der Waals surface area (Å²) in [5.74, 6) is 0.398. The van der Waals surface area contributed by atoms with Crippen LogP contribution in [-0.2, 0) is 0 Å². The summed E-state index contributed by atoms with van der Waals surface area (Å²) in [4.78, 5) is 15.4. The van der Waals surface area contributed by atoms with Crippen LogP contribution < -0.4 is 11.4 Å². The Balaban J connectivity index is 2.33. The summed E-state index contributed by atoms with van der Waals surface area (Å²) in [5, 5.41) is 9.02. The van der Waals surface area contributed by atoms with E-state index in [9.17, 15) is 4.79 Å². The number of aliphatic hydroxyl groups is 1. The highest BCUT2D eigenvalue weighted by atomic mass is 127. The van der Waals surface area contributed by atoms with Crippen LogP contribution >= 0.6 is 22.6 Å². The highest BCUT2D eigenvalue weighted by Gasteiger charge is 2.21. The Bertz CT molecular complexity index is 483. The number of nitrogens with zero attached hydrogens (tertiary/aromatic N) is 2. The average Bonchev–Trinajstić information content (AvgIpc) is 2.71. The molecule has 1 aromatic rings. The third-order valence-corrected chi connectivity index (χ3v) is 3.51. The molecule has 0 spiro atoms. The van der Waals surface area contributed by atoms with Crippen molar-refractivity contribution in [3.05, 3.63) is 32.4 Å². The van der Waals surface area contributed by atoms with E-state index in [0.29, 0.717) is 0 Å². The van der Waals surface area contributed by atoms with Gasteiger partial charge in [-0.3, -0.25) is 4.57 Å².